The summed E-state index contributed by atoms with van der Waals surface area (Å²) in [4.78, 5) is 17.2. The molecule has 190 valence electrons. The Morgan fingerprint density at radius 2 is 1.74 bits per heavy atom. The minimum Gasteiger partial charge on any atom is -0.497 e. The van der Waals surface area contributed by atoms with E-state index in [0.717, 1.165) is 73.3 Å². The van der Waals surface area contributed by atoms with Crippen LogP contribution in [-0.4, -0.2) is 70.3 Å². The van der Waals surface area contributed by atoms with Gasteiger partial charge in [-0.3, -0.25) is 4.79 Å². The van der Waals surface area contributed by atoms with Gasteiger partial charge in [-0.15, -0.1) is 12.4 Å². The number of ether oxygens (including phenoxy) is 3. The zero-order chi connectivity index (χ0) is 24.1. The molecule has 0 spiro atoms. The molecule has 0 aliphatic carbocycles. The molecule has 2 heterocycles. The molecule has 0 saturated heterocycles. The molecule has 0 unspecified atom stereocenters. The van der Waals surface area contributed by atoms with Gasteiger partial charge in [0.05, 0.1) is 34.0 Å². The van der Waals surface area contributed by atoms with Crippen LogP contribution >= 0.6 is 12.4 Å². The molecule has 1 aliphatic rings. The first kappa shape index (κ1) is 26.7. The number of methoxy groups -OCH3 is 3. The molecular weight excluding hydrogens is 468 g/mol. The summed E-state index contributed by atoms with van der Waals surface area (Å²) >= 11 is 0. The first-order valence-electron chi connectivity index (χ1n) is 11.8. The van der Waals surface area contributed by atoms with E-state index in [2.05, 4.69) is 18.0 Å². The van der Waals surface area contributed by atoms with E-state index in [-0.39, 0.29) is 18.3 Å². The minimum absolute atomic E-state index is 0. The highest BCUT2D eigenvalue weighted by molar-refractivity contribution is 5.85. The molecular formula is C27H35ClN2O5. The third-order valence-corrected chi connectivity index (χ3v) is 6.64. The number of rotatable bonds is 10. The average molecular weight is 503 g/mol. The van der Waals surface area contributed by atoms with Gasteiger partial charge in [-0.05, 0) is 73.8 Å². The number of benzene rings is 2. The number of hydrogen-bond acceptors (Lipinski definition) is 6. The van der Waals surface area contributed by atoms with Crippen molar-refractivity contribution in [3.8, 4) is 17.2 Å². The Labute approximate surface area is 213 Å². The smallest absolute Gasteiger partial charge is 0.227 e. The lowest BCUT2D eigenvalue weighted by atomic mass is 10.0. The van der Waals surface area contributed by atoms with Crippen LogP contribution in [0.25, 0.3) is 11.0 Å². The van der Waals surface area contributed by atoms with Crippen molar-refractivity contribution in [3.63, 3.8) is 0 Å². The monoisotopic (exact) mass is 502 g/mol. The van der Waals surface area contributed by atoms with E-state index in [1.165, 1.54) is 5.56 Å². The SMILES string of the molecule is COc1ccc2c(CCN(C)CCCN3CCc4cc(OC)c(OC)cc4CC3=O)coc2c1.Cl. The highest BCUT2D eigenvalue weighted by atomic mass is 35.5. The zero-order valence-corrected chi connectivity index (χ0v) is 21.8. The summed E-state index contributed by atoms with van der Waals surface area (Å²) in [6.45, 7) is 3.36. The number of halogens is 1. The molecule has 1 aliphatic heterocycles. The first-order chi connectivity index (χ1) is 16.5. The molecule has 35 heavy (non-hydrogen) atoms. The summed E-state index contributed by atoms with van der Waals surface area (Å²) in [6, 6.07) is 9.90. The largest absolute Gasteiger partial charge is 0.497 e. The normalized spacial score (nSPS) is 13.4. The van der Waals surface area contributed by atoms with Crippen LogP contribution in [0.15, 0.2) is 41.0 Å². The fraction of sp³-hybridized carbons (Fsp3) is 0.444. The summed E-state index contributed by atoms with van der Waals surface area (Å²) in [5.74, 6) is 2.37. The predicted molar refractivity (Wildman–Crippen MR) is 139 cm³/mol. The van der Waals surface area contributed by atoms with Gasteiger partial charge in [0.2, 0.25) is 5.91 Å². The van der Waals surface area contributed by atoms with E-state index in [1.54, 1.807) is 21.3 Å². The van der Waals surface area contributed by atoms with E-state index in [0.29, 0.717) is 17.9 Å². The average Bonchev–Trinajstić information content (AvgIpc) is 3.19. The molecule has 0 fully saturated rings. The molecule has 8 heteroatoms. The summed E-state index contributed by atoms with van der Waals surface area (Å²) in [7, 11) is 7.05. The maximum absolute atomic E-state index is 12.9. The number of fused-ring (bicyclic) bond motifs is 2. The number of carbonyl (C=O) groups is 1. The van der Waals surface area contributed by atoms with Gasteiger partial charge in [0.1, 0.15) is 11.3 Å². The summed E-state index contributed by atoms with van der Waals surface area (Å²) in [6.07, 6.45) is 4.93. The minimum atomic E-state index is 0. The fourth-order valence-corrected chi connectivity index (χ4v) is 4.59. The molecule has 4 rings (SSSR count). The highest BCUT2D eigenvalue weighted by Gasteiger charge is 2.22. The predicted octanol–water partition coefficient (Wildman–Crippen LogP) is 4.37. The number of likely N-dealkylation sites (N-methyl/N-ethyl adjacent to an activating group) is 1. The molecule has 3 aromatic rings. The van der Waals surface area contributed by atoms with E-state index < -0.39 is 0 Å². The van der Waals surface area contributed by atoms with Crippen LogP contribution in [0.5, 0.6) is 17.2 Å². The van der Waals surface area contributed by atoms with Gasteiger partial charge in [0.15, 0.2) is 11.5 Å². The van der Waals surface area contributed by atoms with E-state index in [4.69, 9.17) is 18.6 Å². The van der Waals surface area contributed by atoms with Crippen LogP contribution in [0.3, 0.4) is 0 Å². The van der Waals surface area contributed by atoms with Crippen molar-refractivity contribution in [1.29, 1.82) is 0 Å². The van der Waals surface area contributed by atoms with Crippen molar-refractivity contribution in [2.24, 2.45) is 0 Å². The quantitative estimate of drug-likeness (QED) is 0.410. The number of furan rings is 1. The van der Waals surface area contributed by atoms with Crippen molar-refractivity contribution in [1.82, 2.24) is 9.80 Å². The summed E-state index contributed by atoms with van der Waals surface area (Å²) < 4.78 is 21.8. The van der Waals surface area contributed by atoms with Crippen molar-refractivity contribution in [2.75, 3.05) is 54.6 Å². The van der Waals surface area contributed by atoms with Crippen LogP contribution in [0.2, 0.25) is 0 Å². The van der Waals surface area contributed by atoms with Gasteiger partial charge in [0.25, 0.3) is 0 Å². The number of hydrogen-bond donors (Lipinski definition) is 0. The Morgan fingerprint density at radius 3 is 2.46 bits per heavy atom. The van der Waals surface area contributed by atoms with Crippen LogP contribution in [0.4, 0.5) is 0 Å². The Kier molecular flexibility index (Phi) is 9.29. The van der Waals surface area contributed by atoms with Crippen molar-refractivity contribution < 1.29 is 23.4 Å². The third kappa shape index (κ3) is 6.21. The van der Waals surface area contributed by atoms with E-state index in [1.807, 2.05) is 35.4 Å². The van der Waals surface area contributed by atoms with Crippen molar-refractivity contribution in [3.05, 3.63) is 53.3 Å². The lowest BCUT2D eigenvalue weighted by molar-refractivity contribution is -0.130. The van der Waals surface area contributed by atoms with E-state index in [9.17, 15) is 4.79 Å². The first-order valence-corrected chi connectivity index (χ1v) is 11.8. The molecule has 0 atom stereocenters. The number of carbonyl (C=O) groups excluding carboxylic acids is 1. The van der Waals surface area contributed by atoms with Crippen LogP contribution in [0.1, 0.15) is 23.1 Å². The standard InChI is InChI=1S/C27H34N2O5.ClH/c1-28(12-8-20-18-34-24-17-22(31-2)6-7-23(20)24)10-5-11-29-13-9-19-14-25(32-3)26(33-4)15-21(19)16-27(29)30;/h6-7,14-15,17-18H,5,8-13,16H2,1-4H3;1H. The fourth-order valence-electron chi connectivity index (χ4n) is 4.59. The van der Waals surface area contributed by atoms with Crippen LogP contribution < -0.4 is 14.2 Å². The van der Waals surface area contributed by atoms with Gasteiger partial charge in [-0.25, -0.2) is 0 Å². The highest BCUT2D eigenvalue weighted by Crippen LogP contribution is 2.32. The molecule has 7 nitrogen and oxygen atoms in total. The second kappa shape index (κ2) is 12.2. The van der Waals surface area contributed by atoms with Gasteiger partial charge in [0, 0.05) is 31.1 Å². The topological polar surface area (TPSA) is 64.4 Å². The Balaban J connectivity index is 0.00000342. The van der Waals surface area contributed by atoms with Gasteiger partial charge in [-0.2, -0.15) is 0 Å². The lowest BCUT2D eigenvalue weighted by Crippen LogP contribution is -2.35. The third-order valence-electron chi connectivity index (χ3n) is 6.64. The maximum atomic E-state index is 12.9. The molecule has 0 N–H and O–H groups in total. The van der Waals surface area contributed by atoms with E-state index >= 15 is 0 Å². The maximum Gasteiger partial charge on any atom is 0.227 e. The molecule has 0 saturated carbocycles. The molecule has 2 aromatic carbocycles. The van der Waals surface area contributed by atoms with Crippen molar-refractivity contribution >= 4 is 29.3 Å². The lowest BCUT2D eigenvalue weighted by Gasteiger charge is -2.22. The molecule has 0 radical (unpaired) electrons. The molecule has 1 amide bonds. The summed E-state index contributed by atoms with van der Waals surface area (Å²) in [5, 5.41) is 1.14. The summed E-state index contributed by atoms with van der Waals surface area (Å²) in [5.41, 5.74) is 4.26. The van der Waals surface area contributed by atoms with Crippen LogP contribution in [-0.2, 0) is 24.1 Å². The number of nitrogens with zero attached hydrogens (tertiary/aromatic N) is 2. The Morgan fingerprint density at radius 1 is 1.00 bits per heavy atom. The van der Waals surface area contributed by atoms with Gasteiger partial charge >= 0.3 is 0 Å². The molecule has 1 aromatic heterocycles. The van der Waals surface area contributed by atoms with Gasteiger partial charge in [-0.1, -0.05) is 0 Å². The van der Waals surface area contributed by atoms with Crippen molar-refractivity contribution in [2.45, 2.75) is 25.7 Å². The Bertz CT molecular complexity index is 1150. The zero-order valence-electron chi connectivity index (χ0n) is 21.0. The second-order valence-electron chi connectivity index (χ2n) is 8.81. The molecule has 0 bridgehead atoms. The van der Waals surface area contributed by atoms with Gasteiger partial charge < -0.3 is 28.4 Å². The Hall–Kier alpha value is -2.90. The number of amides is 1. The van der Waals surface area contributed by atoms with Crippen LogP contribution in [0, 0.1) is 0 Å². The second-order valence-corrected chi connectivity index (χ2v) is 8.81.